The summed E-state index contributed by atoms with van der Waals surface area (Å²) in [4.78, 5) is 43.2. The van der Waals surface area contributed by atoms with Crippen LogP contribution < -0.4 is 0 Å². The second kappa shape index (κ2) is 38.0. The third-order valence-electron chi connectivity index (χ3n) is 17.2. The lowest BCUT2D eigenvalue weighted by Gasteiger charge is -2.66. The van der Waals surface area contributed by atoms with E-state index in [4.69, 9.17) is 14.2 Å². The van der Waals surface area contributed by atoms with Crippen LogP contribution in [0.15, 0.2) is 0 Å². The molecular weight excluding hydrogens is 871 g/mol. The molecule has 0 saturated heterocycles. The molecule has 0 amide bonds. The predicted molar refractivity (Wildman–Crippen MR) is 292 cm³/mol. The first-order chi connectivity index (χ1) is 34.0. The van der Waals surface area contributed by atoms with Crippen LogP contribution in [-0.2, 0) is 28.6 Å². The lowest BCUT2D eigenvalue weighted by molar-refractivity contribution is -0.213. The molecule has 4 aliphatic carbocycles. The van der Waals surface area contributed by atoms with E-state index in [1.165, 1.54) is 180 Å². The van der Waals surface area contributed by atoms with E-state index in [1.54, 1.807) is 0 Å². The summed E-state index contributed by atoms with van der Waals surface area (Å²) >= 11 is 0. The van der Waals surface area contributed by atoms with Gasteiger partial charge in [-0.1, -0.05) is 207 Å². The Morgan fingerprint density at radius 1 is 0.443 bits per heavy atom. The molecule has 8 heteroatoms. The Balaban J connectivity index is 1.69. The van der Waals surface area contributed by atoms with E-state index in [0.29, 0.717) is 69.8 Å². The molecule has 2 atom stereocenters. The Morgan fingerprint density at radius 3 is 1.06 bits per heavy atom. The van der Waals surface area contributed by atoms with Crippen LogP contribution >= 0.6 is 0 Å². The minimum atomic E-state index is -0.199. The van der Waals surface area contributed by atoms with E-state index < -0.39 is 0 Å². The molecule has 8 nitrogen and oxygen atoms in total. The van der Waals surface area contributed by atoms with Gasteiger partial charge in [-0.05, 0) is 102 Å². The van der Waals surface area contributed by atoms with Crippen LogP contribution in [0.4, 0.5) is 0 Å². The van der Waals surface area contributed by atoms with Gasteiger partial charge >= 0.3 is 17.9 Å². The quantitative estimate of drug-likeness (QED) is 0.0365. The minimum absolute atomic E-state index is 0.0354. The van der Waals surface area contributed by atoms with Crippen molar-refractivity contribution in [2.75, 3.05) is 46.6 Å². The Morgan fingerprint density at radius 2 is 0.743 bits per heavy atom. The van der Waals surface area contributed by atoms with Crippen molar-refractivity contribution in [3.05, 3.63) is 0 Å². The van der Waals surface area contributed by atoms with Crippen LogP contribution in [0, 0.1) is 34.0 Å². The number of unbranched alkanes of at least 4 members (excludes halogenated alkanes) is 24. The van der Waals surface area contributed by atoms with Crippen LogP contribution in [0.5, 0.6) is 0 Å². The monoisotopic (exact) mass is 986 g/mol. The molecular formula is C62H115NO7. The van der Waals surface area contributed by atoms with Crippen molar-refractivity contribution in [2.24, 2.45) is 34.0 Å². The number of carbonyl (C=O) groups excluding carboxylic acids is 3. The fourth-order valence-corrected chi connectivity index (χ4v) is 13.9. The maximum absolute atomic E-state index is 14.0. The second-order valence-corrected chi connectivity index (χ2v) is 24.4. The van der Waals surface area contributed by atoms with E-state index in [0.717, 1.165) is 70.8 Å². The molecule has 1 N–H and O–H groups in total. The average Bonchev–Trinajstić information content (AvgIpc) is 3.33. The minimum Gasteiger partial charge on any atom is -0.465 e. The van der Waals surface area contributed by atoms with Crippen LogP contribution in [-0.4, -0.2) is 74.5 Å². The highest BCUT2D eigenvalue weighted by atomic mass is 16.5. The molecule has 0 aromatic carbocycles. The third kappa shape index (κ3) is 27.0. The van der Waals surface area contributed by atoms with Crippen LogP contribution in [0.2, 0.25) is 0 Å². The van der Waals surface area contributed by atoms with Gasteiger partial charge in [-0.15, -0.1) is 0 Å². The Bertz CT molecular complexity index is 1230. The lowest BCUT2D eigenvalue weighted by Crippen LogP contribution is -2.61. The lowest BCUT2D eigenvalue weighted by atomic mass is 9.40. The Kier molecular flexibility index (Phi) is 34.0. The Labute approximate surface area is 432 Å². The number of likely N-dealkylation sites (N-methyl/N-ethyl adjacent to an activating group) is 1. The van der Waals surface area contributed by atoms with E-state index in [9.17, 15) is 19.5 Å². The van der Waals surface area contributed by atoms with E-state index in [1.807, 2.05) is 11.9 Å². The van der Waals surface area contributed by atoms with Gasteiger partial charge < -0.3 is 24.2 Å². The fourth-order valence-electron chi connectivity index (χ4n) is 13.9. The first-order valence-electron chi connectivity index (χ1n) is 30.8. The number of esters is 3. The molecule has 4 aliphatic rings. The van der Waals surface area contributed by atoms with Crippen molar-refractivity contribution in [2.45, 2.75) is 297 Å². The zero-order valence-electron chi connectivity index (χ0n) is 47.0. The van der Waals surface area contributed by atoms with Gasteiger partial charge in [0, 0.05) is 42.1 Å². The van der Waals surface area contributed by atoms with Crippen LogP contribution in [0.3, 0.4) is 0 Å². The van der Waals surface area contributed by atoms with E-state index >= 15 is 0 Å². The number of ether oxygens (including phenoxy) is 3. The molecule has 0 spiro atoms. The van der Waals surface area contributed by atoms with Gasteiger partial charge in [0.1, 0.15) is 0 Å². The predicted octanol–water partition coefficient (Wildman–Crippen LogP) is 16.9. The first-order valence-corrected chi connectivity index (χ1v) is 30.8. The first kappa shape index (κ1) is 62.6. The molecule has 4 saturated carbocycles. The van der Waals surface area contributed by atoms with Gasteiger partial charge in [0.05, 0.1) is 26.4 Å². The zero-order chi connectivity index (χ0) is 50.6. The zero-order valence-corrected chi connectivity index (χ0v) is 47.0. The molecule has 4 bridgehead atoms. The number of hydrogen-bond donors (Lipinski definition) is 1. The van der Waals surface area contributed by atoms with Gasteiger partial charge in [-0.2, -0.15) is 0 Å². The second-order valence-electron chi connectivity index (χ2n) is 24.4. The van der Waals surface area contributed by atoms with E-state index in [2.05, 4.69) is 27.7 Å². The van der Waals surface area contributed by atoms with Gasteiger partial charge in [0.25, 0.3) is 0 Å². The number of nitrogens with zero attached hydrogens (tertiary/aromatic N) is 1. The van der Waals surface area contributed by atoms with Crippen LogP contribution in [0.1, 0.15) is 297 Å². The van der Waals surface area contributed by atoms with Gasteiger partial charge in [-0.25, -0.2) is 0 Å². The number of rotatable bonds is 48. The molecule has 0 aromatic heterocycles. The molecule has 0 heterocycles. The van der Waals surface area contributed by atoms with Gasteiger partial charge in [0.2, 0.25) is 0 Å². The number of aliphatic hydroxyl groups excluding tert-OH is 1. The van der Waals surface area contributed by atoms with Gasteiger partial charge in [0.15, 0.2) is 0 Å². The summed E-state index contributed by atoms with van der Waals surface area (Å²) in [5.41, 5.74) is -0.580. The summed E-state index contributed by atoms with van der Waals surface area (Å²) in [5.74, 6) is 0.976. The summed E-state index contributed by atoms with van der Waals surface area (Å²) in [6.45, 7) is 11.8. The maximum Gasteiger partial charge on any atom is 0.306 e. The van der Waals surface area contributed by atoms with Crippen molar-refractivity contribution < 1.29 is 33.7 Å². The molecule has 2 unspecified atom stereocenters. The molecule has 410 valence electrons. The molecule has 70 heavy (non-hydrogen) atoms. The smallest absolute Gasteiger partial charge is 0.306 e. The summed E-state index contributed by atoms with van der Waals surface area (Å²) < 4.78 is 19.1. The normalized spacial score (nSPS) is 21.6. The maximum atomic E-state index is 14.0. The van der Waals surface area contributed by atoms with Crippen LogP contribution in [0.25, 0.3) is 0 Å². The third-order valence-corrected chi connectivity index (χ3v) is 17.2. The van der Waals surface area contributed by atoms with Crippen molar-refractivity contribution in [1.82, 2.24) is 4.90 Å². The highest BCUT2D eigenvalue weighted by molar-refractivity contribution is 5.70. The van der Waals surface area contributed by atoms with Crippen molar-refractivity contribution in [3.8, 4) is 0 Å². The fraction of sp³-hybridized carbons (Fsp3) is 0.952. The molecule has 0 aliphatic heterocycles. The highest BCUT2D eigenvalue weighted by Crippen LogP contribution is 2.70. The van der Waals surface area contributed by atoms with Crippen molar-refractivity contribution in [1.29, 1.82) is 0 Å². The number of hydrogen-bond acceptors (Lipinski definition) is 8. The SMILES string of the molecule is CCCCCCCCCC(CCCCCCCCC)CC(=O)OCC12CC3CC(COC(=O)CCCN(C)CCO)(C1)CC(COC(=O)CC(CCCCCCCCC)CCCCCCCCC)(C3)C2. The molecule has 4 fully saturated rings. The summed E-state index contributed by atoms with van der Waals surface area (Å²) in [6.07, 6.45) is 48.4. The summed E-state index contributed by atoms with van der Waals surface area (Å²) in [6, 6.07) is 0. The molecule has 0 aromatic rings. The molecule has 0 radical (unpaired) electrons. The highest BCUT2D eigenvalue weighted by Gasteiger charge is 2.64. The summed E-state index contributed by atoms with van der Waals surface area (Å²) in [5, 5.41) is 9.32. The Hall–Kier alpha value is -1.67. The average molecular weight is 987 g/mol. The number of carbonyl (C=O) groups is 3. The van der Waals surface area contributed by atoms with Crippen molar-refractivity contribution >= 4 is 17.9 Å². The van der Waals surface area contributed by atoms with Crippen molar-refractivity contribution in [3.63, 3.8) is 0 Å². The molecule has 4 rings (SSSR count). The summed E-state index contributed by atoms with van der Waals surface area (Å²) in [7, 11) is 1.97. The topological polar surface area (TPSA) is 102 Å². The van der Waals surface area contributed by atoms with E-state index in [-0.39, 0.29) is 40.8 Å². The van der Waals surface area contributed by atoms with Gasteiger partial charge in [-0.3, -0.25) is 14.4 Å². The standard InChI is InChI=1S/C62H115NO7/c1-6-10-14-18-22-26-30-35-54(36-31-27-23-19-15-11-7-2)43-58(66)69-52-61-46-56-45-60(48-61,51-68-57(65)39-34-40-63(5)41-42-64)49-62(47-56,50-61)53-70-59(67)44-55(37-32-28-24-20-16-12-8-3)38-33-29-25-21-17-13-9-4/h54-56,64H,6-53H2,1-5H3. The number of aliphatic hydroxyl groups is 1. The largest absolute Gasteiger partial charge is 0.465 e.